The largest absolute Gasteiger partial charge is 0.377 e. The standard InChI is InChI=1S/C15H16IN3O2/c1-10-4-5-12(9-15(10)18(2)3)17-11-6-7-14(19(20)21)13(16)8-11/h4-9,17H,1-3H3. The van der Waals surface area contributed by atoms with Crippen molar-refractivity contribution in [2.24, 2.45) is 0 Å². The van der Waals surface area contributed by atoms with E-state index in [9.17, 15) is 10.1 Å². The van der Waals surface area contributed by atoms with Crippen LogP contribution < -0.4 is 10.2 Å². The molecule has 0 amide bonds. The number of hydrogen-bond donors (Lipinski definition) is 1. The van der Waals surface area contributed by atoms with Gasteiger partial charge in [-0.2, -0.15) is 0 Å². The van der Waals surface area contributed by atoms with Gasteiger partial charge in [0.15, 0.2) is 0 Å². The molecule has 0 radical (unpaired) electrons. The lowest BCUT2D eigenvalue weighted by atomic mass is 10.1. The van der Waals surface area contributed by atoms with Crippen LogP contribution in [0.1, 0.15) is 5.56 Å². The van der Waals surface area contributed by atoms with Crippen LogP contribution in [-0.4, -0.2) is 19.0 Å². The molecule has 0 saturated carbocycles. The molecule has 0 aliphatic heterocycles. The van der Waals surface area contributed by atoms with E-state index >= 15 is 0 Å². The number of aryl methyl sites for hydroxylation is 1. The number of hydrogen-bond acceptors (Lipinski definition) is 4. The van der Waals surface area contributed by atoms with E-state index in [0.29, 0.717) is 3.57 Å². The van der Waals surface area contributed by atoms with Crippen molar-refractivity contribution in [2.45, 2.75) is 6.92 Å². The second kappa shape index (κ2) is 6.30. The average molecular weight is 397 g/mol. The topological polar surface area (TPSA) is 58.4 Å². The second-order valence-electron chi connectivity index (χ2n) is 4.94. The molecule has 0 heterocycles. The molecule has 0 atom stereocenters. The first-order chi connectivity index (χ1) is 9.88. The molecule has 0 fully saturated rings. The second-order valence-corrected chi connectivity index (χ2v) is 6.11. The maximum absolute atomic E-state index is 10.8. The van der Waals surface area contributed by atoms with Crippen LogP contribution in [0.15, 0.2) is 36.4 Å². The van der Waals surface area contributed by atoms with Gasteiger partial charge in [-0.3, -0.25) is 10.1 Å². The number of benzene rings is 2. The van der Waals surface area contributed by atoms with E-state index in [0.717, 1.165) is 17.1 Å². The van der Waals surface area contributed by atoms with Crippen molar-refractivity contribution in [1.82, 2.24) is 0 Å². The Labute approximate surface area is 137 Å². The van der Waals surface area contributed by atoms with E-state index in [4.69, 9.17) is 0 Å². The average Bonchev–Trinajstić information content (AvgIpc) is 2.40. The van der Waals surface area contributed by atoms with E-state index in [1.165, 1.54) is 11.6 Å². The Morgan fingerprint density at radius 3 is 2.33 bits per heavy atom. The molecule has 5 nitrogen and oxygen atoms in total. The summed E-state index contributed by atoms with van der Waals surface area (Å²) >= 11 is 1.98. The van der Waals surface area contributed by atoms with Crippen LogP contribution >= 0.6 is 22.6 Å². The molecule has 0 aliphatic carbocycles. The fourth-order valence-electron chi connectivity index (χ4n) is 2.07. The molecule has 6 heteroatoms. The minimum absolute atomic E-state index is 0.124. The fraction of sp³-hybridized carbons (Fsp3) is 0.200. The molecule has 0 bridgehead atoms. The van der Waals surface area contributed by atoms with E-state index in [1.54, 1.807) is 12.1 Å². The summed E-state index contributed by atoms with van der Waals surface area (Å²) in [7, 11) is 4.00. The third-order valence-electron chi connectivity index (χ3n) is 3.12. The lowest BCUT2D eigenvalue weighted by molar-refractivity contribution is -0.385. The van der Waals surface area contributed by atoms with Gasteiger partial charge in [0.2, 0.25) is 0 Å². The molecule has 2 rings (SSSR count). The number of rotatable bonds is 4. The van der Waals surface area contributed by atoms with Crippen LogP contribution in [0.5, 0.6) is 0 Å². The molecular weight excluding hydrogens is 381 g/mol. The summed E-state index contributed by atoms with van der Waals surface area (Å²) < 4.78 is 0.613. The van der Waals surface area contributed by atoms with Crippen molar-refractivity contribution < 1.29 is 4.92 Å². The van der Waals surface area contributed by atoms with Crippen molar-refractivity contribution in [3.8, 4) is 0 Å². The zero-order valence-electron chi connectivity index (χ0n) is 12.1. The van der Waals surface area contributed by atoms with E-state index in [1.807, 2.05) is 48.8 Å². The van der Waals surface area contributed by atoms with E-state index in [2.05, 4.69) is 23.2 Å². The Morgan fingerprint density at radius 1 is 1.14 bits per heavy atom. The van der Waals surface area contributed by atoms with Crippen molar-refractivity contribution >= 4 is 45.3 Å². The molecule has 0 aliphatic rings. The minimum Gasteiger partial charge on any atom is -0.377 e. The maximum Gasteiger partial charge on any atom is 0.282 e. The third-order valence-corrected chi connectivity index (χ3v) is 3.99. The molecule has 110 valence electrons. The summed E-state index contributed by atoms with van der Waals surface area (Å²) in [6.45, 7) is 2.06. The highest BCUT2D eigenvalue weighted by atomic mass is 127. The zero-order valence-corrected chi connectivity index (χ0v) is 14.2. The highest BCUT2D eigenvalue weighted by Crippen LogP contribution is 2.28. The zero-order chi connectivity index (χ0) is 15.6. The third kappa shape index (κ3) is 3.63. The summed E-state index contributed by atoms with van der Waals surface area (Å²) in [6.07, 6.45) is 0. The molecule has 2 aromatic rings. The Morgan fingerprint density at radius 2 is 1.76 bits per heavy atom. The van der Waals surface area contributed by atoms with Crippen molar-refractivity contribution in [2.75, 3.05) is 24.3 Å². The van der Waals surface area contributed by atoms with Gasteiger partial charge in [0.25, 0.3) is 5.69 Å². The van der Waals surface area contributed by atoms with Crippen LogP contribution in [0, 0.1) is 20.6 Å². The number of nitrogens with one attached hydrogen (secondary N) is 1. The van der Waals surface area contributed by atoms with Crippen LogP contribution in [0.4, 0.5) is 22.7 Å². The van der Waals surface area contributed by atoms with Crippen LogP contribution in [0.3, 0.4) is 0 Å². The number of nitro groups is 1. The van der Waals surface area contributed by atoms with Gasteiger partial charge in [-0.25, -0.2) is 0 Å². The number of anilines is 3. The van der Waals surface area contributed by atoms with Gasteiger partial charge in [-0.15, -0.1) is 0 Å². The van der Waals surface area contributed by atoms with Gasteiger partial charge in [0.05, 0.1) is 8.49 Å². The lowest BCUT2D eigenvalue weighted by Crippen LogP contribution is -2.10. The van der Waals surface area contributed by atoms with E-state index in [-0.39, 0.29) is 10.6 Å². The highest BCUT2D eigenvalue weighted by Gasteiger charge is 2.11. The van der Waals surface area contributed by atoms with Gasteiger partial charge in [-0.1, -0.05) is 6.07 Å². The SMILES string of the molecule is Cc1ccc(Nc2ccc([N+](=O)[O-])c(I)c2)cc1N(C)C. The molecule has 1 N–H and O–H groups in total. The van der Waals surface area contributed by atoms with Crippen LogP contribution in [0.25, 0.3) is 0 Å². The number of halogens is 1. The predicted octanol–water partition coefficient (Wildman–Crippen LogP) is 4.32. The Hall–Kier alpha value is -1.83. The van der Waals surface area contributed by atoms with Gasteiger partial charge in [0, 0.05) is 37.2 Å². The first-order valence-electron chi connectivity index (χ1n) is 6.37. The molecular formula is C15H16IN3O2. The predicted molar refractivity (Wildman–Crippen MR) is 94.6 cm³/mol. The minimum atomic E-state index is -0.373. The van der Waals surface area contributed by atoms with Crippen LogP contribution in [-0.2, 0) is 0 Å². The van der Waals surface area contributed by atoms with Crippen molar-refractivity contribution in [3.05, 3.63) is 55.6 Å². The molecule has 0 saturated heterocycles. The molecule has 0 spiro atoms. The van der Waals surface area contributed by atoms with Crippen molar-refractivity contribution in [1.29, 1.82) is 0 Å². The number of nitrogens with zero attached hydrogens (tertiary/aromatic N) is 2. The first-order valence-corrected chi connectivity index (χ1v) is 7.45. The Kier molecular flexibility index (Phi) is 4.66. The van der Waals surface area contributed by atoms with Crippen LogP contribution in [0.2, 0.25) is 0 Å². The van der Waals surface area contributed by atoms with Gasteiger partial charge in [0.1, 0.15) is 0 Å². The molecule has 0 unspecified atom stereocenters. The summed E-state index contributed by atoms with van der Waals surface area (Å²) in [5.74, 6) is 0. The molecule has 0 aromatic heterocycles. The molecule has 21 heavy (non-hydrogen) atoms. The van der Waals surface area contributed by atoms with Gasteiger partial charge < -0.3 is 10.2 Å². The fourth-order valence-corrected chi connectivity index (χ4v) is 2.78. The monoisotopic (exact) mass is 397 g/mol. The normalized spacial score (nSPS) is 10.3. The summed E-state index contributed by atoms with van der Waals surface area (Å²) in [5.41, 5.74) is 4.24. The maximum atomic E-state index is 10.8. The van der Waals surface area contributed by atoms with Gasteiger partial charge in [-0.05, 0) is 59.3 Å². The van der Waals surface area contributed by atoms with Gasteiger partial charge >= 0.3 is 0 Å². The quantitative estimate of drug-likeness (QED) is 0.475. The highest BCUT2D eigenvalue weighted by molar-refractivity contribution is 14.1. The first kappa shape index (κ1) is 15.6. The summed E-state index contributed by atoms with van der Waals surface area (Å²) in [4.78, 5) is 12.5. The van der Waals surface area contributed by atoms with Crippen molar-refractivity contribution in [3.63, 3.8) is 0 Å². The molecule has 2 aromatic carbocycles. The summed E-state index contributed by atoms with van der Waals surface area (Å²) in [5, 5.41) is 14.1. The lowest BCUT2D eigenvalue weighted by Gasteiger charge is -2.17. The smallest absolute Gasteiger partial charge is 0.282 e. The summed E-state index contributed by atoms with van der Waals surface area (Å²) in [6, 6.07) is 11.1. The Balaban J connectivity index is 2.28. The number of nitro benzene ring substituents is 1. The Bertz CT molecular complexity index is 687. The van der Waals surface area contributed by atoms with E-state index < -0.39 is 0 Å².